The van der Waals surface area contributed by atoms with Crippen LogP contribution in [0.4, 0.5) is 0 Å². The Morgan fingerprint density at radius 2 is 2.00 bits per heavy atom. The smallest absolute Gasteiger partial charge is 0.222 e. The zero-order chi connectivity index (χ0) is 20.8. The number of benzene rings is 1. The molecule has 0 radical (unpaired) electrons. The molecule has 1 aromatic heterocycles. The molecule has 0 spiro atoms. The lowest BCUT2D eigenvalue weighted by molar-refractivity contribution is -0.131. The van der Waals surface area contributed by atoms with Gasteiger partial charge in [0.2, 0.25) is 5.91 Å². The number of aromatic nitrogens is 2. The molecule has 0 atom stereocenters. The van der Waals surface area contributed by atoms with Gasteiger partial charge in [-0.1, -0.05) is 30.3 Å². The van der Waals surface area contributed by atoms with Gasteiger partial charge < -0.3 is 9.64 Å². The van der Waals surface area contributed by atoms with Crippen LogP contribution in [0.25, 0.3) is 0 Å². The van der Waals surface area contributed by atoms with Gasteiger partial charge >= 0.3 is 0 Å². The molecule has 6 nitrogen and oxygen atoms in total. The predicted octanol–water partition coefficient (Wildman–Crippen LogP) is 3.03. The maximum absolute atomic E-state index is 12.7. The minimum atomic E-state index is 0.300. The van der Waals surface area contributed by atoms with Crippen molar-refractivity contribution in [3.8, 4) is 0 Å². The van der Waals surface area contributed by atoms with Crippen LogP contribution >= 0.6 is 0 Å². The molecule has 1 fully saturated rings. The normalized spacial score (nSPS) is 17.6. The number of ether oxygens (including phenoxy) is 1. The molecular weight excluding hydrogens is 376 g/mol. The monoisotopic (exact) mass is 410 g/mol. The van der Waals surface area contributed by atoms with Crippen molar-refractivity contribution < 1.29 is 9.53 Å². The number of rotatable bonds is 7. The average Bonchev–Trinajstić information content (AvgIpc) is 2.96. The van der Waals surface area contributed by atoms with E-state index in [2.05, 4.69) is 45.7 Å². The fourth-order valence-corrected chi connectivity index (χ4v) is 4.60. The topological polar surface area (TPSA) is 50.6 Å². The molecule has 0 saturated carbocycles. The van der Waals surface area contributed by atoms with E-state index in [1.807, 2.05) is 6.07 Å². The third kappa shape index (κ3) is 5.10. The molecule has 2 aliphatic heterocycles. The van der Waals surface area contributed by atoms with Crippen molar-refractivity contribution in [3.05, 3.63) is 52.8 Å². The Hall–Kier alpha value is -2.18. The summed E-state index contributed by atoms with van der Waals surface area (Å²) in [7, 11) is 0. The Balaban J connectivity index is 1.28. The van der Waals surface area contributed by atoms with Crippen molar-refractivity contribution in [2.45, 2.75) is 58.7 Å². The molecule has 6 heteroatoms. The SMILES string of the molecule is CCn1nc(CN2CCCN(C(=O)CCCc3ccccc3)CC2)c2c1CCOC2. The summed E-state index contributed by atoms with van der Waals surface area (Å²) in [5, 5.41) is 4.87. The van der Waals surface area contributed by atoms with Gasteiger partial charge in [0.15, 0.2) is 0 Å². The highest BCUT2D eigenvalue weighted by molar-refractivity contribution is 5.76. The maximum atomic E-state index is 12.7. The van der Waals surface area contributed by atoms with E-state index in [4.69, 9.17) is 9.84 Å². The van der Waals surface area contributed by atoms with Crippen molar-refractivity contribution in [2.75, 3.05) is 32.8 Å². The van der Waals surface area contributed by atoms with Gasteiger partial charge in [-0.3, -0.25) is 14.4 Å². The van der Waals surface area contributed by atoms with E-state index >= 15 is 0 Å². The Kier molecular flexibility index (Phi) is 7.18. The minimum Gasteiger partial charge on any atom is -0.376 e. The number of hydrogen-bond acceptors (Lipinski definition) is 4. The van der Waals surface area contributed by atoms with Crippen LogP contribution in [-0.2, 0) is 42.1 Å². The molecule has 1 aromatic carbocycles. The molecule has 2 aromatic rings. The van der Waals surface area contributed by atoms with Gasteiger partial charge in [-0.15, -0.1) is 0 Å². The largest absolute Gasteiger partial charge is 0.376 e. The quantitative estimate of drug-likeness (QED) is 0.704. The molecule has 2 aliphatic rings. The van der Waals surface area contributed by atoms with Gasteiger partial charge in [0.1, 0.15) is 0 Å². The van der Waals surface area contributed by atoms with Gasteiger partial charge in [0, 0.05) is 63.4 Å². The second kappa shape index (κ2) is 10.2. The first-order valence-electron chi connectivity index (χ1n) is 11.4. The zero-order valence-corrected chi connectivity index (χ0v) is 18.2. The van der Waals surface area contributed by atoms with E-state index in [0.717, 1.165) is 77.3 Å². The van der Waals surface area contributed by atoms with Crippen molar-refractivity contribution in [2.24, 2.45) is 0 Å². The number of nitrogens with zero attached hydrogens (tertiary/aromatic N) is 4. The van der Waals surface area contributed by atoms with Gasteiger partial charge in [-0.25, -0.2) is 0 Å². The van der Waals surface area contributed by atoms with Crippen LogP contribution in [0.5, 0.6) is 0 Å². The summed E-state index contributed by atoms with van der Waals surface area (Å²) in [6.07, 6.45) is 4.52. The summed E-state index contributed by atoms with van der Waals surface area (Å²) in [6.45, 7) is 9.01. The Morgan fingerprint density at radius 3 is 2.83 bits per heavy atom. The van der Waals surface area contributed by atoms with Crippen molar-refractivity contribution >= 4 is 5.91 Å². The Labute approximate surface area is 179 Å². The second-order valence-electron chi connectivity index (χ2n) is 8.34. The molecule has 0 unspecified atom stereocenters. The molecule has 4 rings (SSSR count). The summed E-state index contributed by atoms with van der Waals surface area (Å²) in [4.78, 5) is 17.2. The lowest BCUT2D eigenvalue weighted by Gasteiger charge is -2.22. The maximum Gasteiger partial charge on any atom is 0.222 e. The highest BCUT2D eigenvalue weighted by atomic mass is 16.5. The van der Waals surface area contributed by atoms with Crippen molar-refractivity contribution in [3.63, 3.8) is 0 Å². The van der Waals surface area contributed by atoms with Gasteiger partial charge in [-0.05, 0) is 31.7 Å². The first kappa shape index (κ1) is 21.1. The summed E-state index contributed by atoms with van der Waals surface area (Å²) < 4.78 is 7.85. The van der Waals surface area contributed by atoms with Gasteiger partial charge in [0.25, 0.3) is 0 Å². The fraction of sp³-hybridized carbons (Fsp3) is 0.583. The number of carbonyl (C=O) groups is 1. The highest BCUT2D eigenvalue weighted by Gasteiger charge is 2.24. The van der Waals surface area contributed by atoms with E-state index in [9.17, 15) is 4.79 Å². The van der Waals surface area contributed by atoms with Gasteiger partial charge in [0.05, 0.1) is 18.9 Å². The fourth-order valence-electron chi connectivity index (χ4n) is 4.60. The molecule has 30 heavy (non-hydrogen) atoms. The van der Waals surface area contributed by atoms with E-state index in [-0.39, 0.29) is 0 Å². The van der Waals surface area contributed by atoms with Gasteiger partial charge in [-0.2, -0.15) is 5.10 Å². The van der Waals surface area contributed by atoms with Crippen LogP contribution in [0.2, 0.25) is 0 Å². The third-order valence-corrected chi connectivity index (χ3v) is 6.29. The lowest BCUT2D eigenvalue weighted by Crippen LogP contribution is -2.35. The number of hydrogen-bond donors (Lipinski definition) is 0. The van der Waals surface area contributed by atoms with Crippen molar-refractivity contribution in [1.29, 1.82) is 0 Å². The first-order valence-corrected chi connectivity index (χ1v) is 11.4. The average molecular weight is 411 g/mol. The van der Waals surface area contributed by atoms with E-state index in [1.54, 1.807) is 0 Å². The lowest BCUT2D eigenvalue weighted by atomic mass is 10.1. The second-order valence-corrected chi connectivity index (χ2v) is 8.34. The Morgan fingerprint density at radius 1 is 1.13 bits per heavy atom. The number of aryl methyl sites for hydroxylation is 2. The highest BCUT2D eigenvalue weighted by Crippen LogP contribution is 2.22. The van der Waals surface area contributed by atoms with E-state index in [1.165, 1.54) is 16.8 Å². The Bertz CT molecular complexity index is 833. The molecule has 162 valence electrons. The number of fused-ring (bicyclic) bond motifs is 1. The van der Waals surface area contributed by atoms with Crippen LogP contribution in [0.3, 0.4) is 0 Å². The number of carbonyl (C=O) groups excluding carboxylic acids is 1. The van der Waals surface area contributed by atoms with Crippen LogP contribution in [0.15, 0.2) is 30.3 Å². The van der Waals surface area contributed by atoms with Crippen LogP contribution in [-0.4, -0.2) is 58.3 Å². The van der Waals surface area contributed by atoms with Crippen molar-refractivity contribution in [1.82, 2.24) is 19.6 Å². The molecule has 3 heterocycles. The zero-order valence-electron chi connectivity index (χ0n) is 18.2. The summed E-state index contributed by atoms with van der Waals surface area (Å²) in [5.41, 5.74) is 5.12. The molecule has 0 aliphatic carbocycles. The first-order chi connectivity index (χ1) is 14.7. The summed E-state index contributed by atoms with van der Waals surface area (Å²) in [6, 6.07) is 10.4. The van der Waals surface area contributed by atoms with E-state index < -0.39 is 0 Å². The molecule has 0 bridgehead atoms. The summed E-state index contributed by atoms with van der Waals surface area (Å²) >= 11 is 0. The minimum absolute atomic E-state index is 0.300. The third-order valence-electron chi connectivity index (χ3n) is 6.29. The predicted molar refractivity (Wildman–Crippen MR) is 117 cm³/mol. The molecular formula is C24H34N4O2. The van der Waals surface area contributed by atoms with E-state index in [0.29, 0.717) is 18.9 Å². The van der Waals surface area contributed by atoms with Crippen LogP contribution in [0, 0.1) is 0 Å². The molecule has 0 N–H and O–H groups in total. The standard InChI is InChI=1S/C24H34N4O2/c1-2-28-23-12-17-30-19-21(23)22(25-28)18-26-13-7-14-27(16-15-26)24(29)11-6-10-20-8-4-3-5-9-20/h3-5,8-9H,2,6-7,10-19H2,1H3. The molecule has 1 saturated heterocycles. The molecule has 1 amide bonds. The van der Waals surface area contributed by atoms with Crippen LogP contribution in [0.1, 0.15) is 48.7 Å². The summed E-state index contributed by atoms with van der Waals surface area (Å²) in [5.74, 6) is 0.300. The van der Waals surface area contributed by atoms with Crippen LogP contribution < -0.4 is 0 Å². The number of amides is 1.